The van der Waals surface area contributed by atoms with Crippen molar-refractivity contribution in [3.05, 3.63) is 52.8 Å². The lowest BCUT2D eigenvalue weighted by Crippen LogP contribution is -2.38. The minimum Gasteiger partial charge on any atom is -0.343 e. The summed E-state index contributed by atoms with van der Waals surface area (Å²) in [6, 6.07) is 4.06. The van der Waals surface area contributed by atoms with Crippen LogP contribution >= 0.6 is 0 Å². The molecule has 2 heterocycles. The van der Waals surface area contributed by atoms with Gasteiger partial charge in [0.25, 0.3) is 5.91 Å². The Labute approximate surface area is 160 Å². The average molecular weight is 394 g/mol. The second-order valence-corrected chi connectivity index (χ2v) is 6.86. The molecule has 1 aromatic carbocycles. The molecule has 0 unspecified atom stereocenters. The number of aryl methyl sites for hydroxylation is 1. The fraction of sp³-hybridized carbons (Fsp3) is 0.421. The number of benzene rings is 1. The van der Waals surface area contributed by atoms with Crippen molar-refractivity contribution in [1.29, 1.82) is 0 Å². The molecule has 0 bridgehead atoms. The van der Waals surface area contributed by atoms with Crippen LogP contribution < -0.4 is 5.32 Å². The van der Waals surface area contributed by atoms with E-state index in [1.807, 2.05) is 0 Å². The van der Waals surface area contributed by atoms with Crippen LogP contribution in [-0.2, 0) is 18.0 Å². The van der Waals surface area contributed by atoms with E-state index < -0.39 is 23.7 Å². The third kappa shape index (κ3) is 4.18. The lowest BCUT2D eigenvalue weighted by molar-refractivity contribution is -0.137. The third-order valence-corrected chi connectivity index (χ3v) is 4.98. The second-order valence-electron chi connectivity index (χ2n) is 6.86. The maximum Gasteiger partial charge on any atom is 0.416 e. The number of rotatable bonds is 5. The van der Waals surface area contributed by atoms with Gasteiger partial charge in [0.2, 0.25) is 5.91 Å². The average Bonchev–Trinajstić information content (AvgIpc) is 3.19. The first-order valence-electron chi connectivity index (χ1n) is 8.91. The molecule has 1 saturated heterocycles. The van der Waals surface area contributed by atoms with Crippen molar-refractivity contribution in [2.45, 2.75) is 32.0 Å². The molecule has 2 aromatic rings. The van der Waals surface area contributed by atoms with Gasteiger partial charge in [-0.1, -0.05) is 12.1 Å². The molecule has 2 amide bonds. The Balaban J connectivity index is 1.90. The monoisotopic (exact) mass is 394 g/mol. The fourth-order valence-electron chi connectivity index (χ4n) is 3.24. The highest BCUT2D eigenvalue weighted by atomic mass is 19.4. The SMILES string of the molecule is Cc1c(C(=O)N[C@H](CN2CCCC2=O)c2cccc(C(F)(F)F)c2)cnn1C. The highest BCUT2D eigenvalue weighted by molar-refractivity contribution is 5.95. The first-order valence-corrected chi connectivity index (χ1v) is 8.91. The Hall–Kier alpha value is -2.84. The molecule has 1 aliphatic rings. The molecule has 28 heavy (non-hydrogen) atoms. The molecule has 1 aromatic heterocycles. The summed E-state index contributed by atoms with van der Waals surface area (Å²) < 4.78 is 40.9. The van der Waals surface area contributed by atoms with Crippen LogP contribution in [0, 0.1) is 6.92 Å². The highest BCUT2D eigenvalue weighted by Gasteiger charge is 2.32. The van der Waals surface area contributed by atoms with Gasteiger partial charge in [-0.3, -0.25) is 14.3 Å². The molecule has 1 atom stereocenters. The van der Waals surface area contributed by atoms with E-state index in [0.717, 1.165) is 12.1 Å². The van der Waals surface area contributed by atoms with Crippen molar-refractivity contribution in [1.82, 2.24) is 20.0 Å². The van der Waals surface area contributed by atoms with Gasteiger partial charge >= 0.3 is 6.18 Å². The summed E-state index contributed by atoms with van der Waals surface area (Å²) in [4.78, 5) is 26.3. The Morgan fingerprint density at radius 2 is 2.11 bits per heavy atom. The number of amides is 2. The van der Waals surface area contributed by atoms with Crippen molar-refractivity contribution < 1.29 is 22.8 Å². The fourth-order valence-corrected chi connectivity index (χ4v) is 3.24. The zero-order valence-corrected chi connectivity index (χ0v) is 15.6. The maximum atomic E-state index is 13.1. The zero-order valence-electron chi connectivity index (χ0n) is 15.6. The van der Waals surface area contributed by atoms with Gasteiger partial charge in [0.15, 0.2) is 0 Å². The number of carbonyl (C=O) groups excluding carboxylic acids is 2. The van der Waals surface area contributed by atoms with Gasteiger partial charge in [-0.15, -0.1) is 0 Å². The molecule has 1 N–H and O–H groups in total. The van der Waals surface area contributed by atoms with Gasteiger partial charge in [-0.25, -0.2) is 0 Å². The summed E-state index contributed by atoms with van der Waals surface area (Å²) in [5, 5.41) is 6.80. The predicted octanol–water partition coefficient (Wildman–Crippen LogP) is 2.84. The lowest BCUT2D eigenvalue weighted by Gasteiger charge is -2.25. The summed E-state index contributed by atoms with van der Waals surface area (Å²) in [5.74, 6) is -0.511. The smallest absolute Gasteiger partial charge is 0.343 e. The summed E-state index contributed by atoms with van der Waals surface area (Å²) in [6.45, 7) is 2.37. The number of hydrogen-bond donors (Lipinski definition) is 1. The Bertz CT molecular complexity index is 892. The van der Waals surface area contributed by atoms with Gasteiger partial charge in [-0.05, 0) is 31.0 Å². The molecular weight excluding hydrogens is 373 g/mol. The Morgan fingerprint density at radius 1 is 1.36 bits per heavy atom. The molecule has 0 radical (unpaired) electrons. The highest BCUT2D eigenvalue weighted by Crippen LogP contribution is 2.31. The first-order chi connectivity index (χ1) is 13.2. The second kappa shape index (κ2) is 7.65. The van der Waals surface area contributed by atoms with E-state index >= 15 is 0 Å². The quantitative estimate of drug-likeness (QED) is 0.848. The van der Waals surface area contributed by atoms with Gasteiger partial charge < -0.3 is 10.2 Å². The van der Waals surface area contributed by atoms with Gasteiger partial charge in [0, 0.05) is 32.3 Å². The van der Waals surface area contributed by atoms with Crippen LogP contribution in [0.1, 0.15) is 46.1 Å². The topological polar surface area (TPSA) is 67.2 Å². The number of nitrogens with one attached hydrogen (secondary N) is 1. The number of nitrogens with zero attached hydrogens (tertiary/aromatic N) is 3. The molecular formula is C19H21F3N4O2. The van der Waals surface area contributed by atoms with E-state index in [2.05, 4.69) is 10.4 Å². The number of halogens is 3. The van der Waals surface area contributed by atoms with Crippen LogP contribution in [-0.4, -0.2) is 39.6 Å². The van der Waals surface area contributed by atoms with E-state index in [-0.39, 0.29) is 12.5 Å². The zero-order chi connectivity index (χ0) is 20.5. The third-order valence-electron chi connectivity index (χ3n) is 4.98. The molecule has 0 spiro atoms. The van der Waals surface area contributed by atoms with Gasteiger partial charge in [-0.2, -0.15) is 18.3 Å². The summed E-state index contributed by atoms with van der Waals surface area (Å²) in [6.07, 6.45) is -1.97. The van der Waals surface area contributed by atoms with Crippen LogP contribution in [0.5, 0.6) is 0 Å². The van der Waals surface area contributed by atoms with Crippen LogP contribution in [0.3, 0.4) is 0 Å². The Morgan fingerprint density at radius 3 is 2.68 bits per heavy atom. The first kappa shape index (κ1) is 19.9. The lowest BCUT2D eigenvalue weighted by atomic mass is 10.0. The van der Waals surface area contributed by atoms with Crippen molar-refractivity contribution >= 4 is 11.8 Å². The van der Waals surface area contributed by atoms with Crippen molar-refractivity contribution in [2.75, 3.05) is 13.1 Å². The van der Waals surface area contributed by atoms with E-state index in [1.54, 1.807) is 18.9 Å². The molecule has 0 aliphatic carbocycles. The standard InChI is InChI=1S/C19H21F3N4O2/c1-12-15(10-23-25(12)2)18(28)24-16(11-26-8-4-7-17(26)27)13-5-3-6-14(9-13)19(20,21)22/h3,5-6,9-10,16H,4,7-8,11H2,1-2H3,(H,24,28)/t16-/m1/s1. The number of likely N-dealkylation sites (tertiary alicyclic amines) is 1. The van der Waals surface area contributed by atoms with E-state index in [1.165, 1.54) is 23.0 Å². The van der Waals surface area contributed by atoms with Gasteiger partial charge in [0.1, 0.15) is 0 Å². The number of hydrogen-bond acceptors (Lipinski definition) is 3. The largest absolute Gasteiger partial charge is 0.416 e. The van der Waals surface area contributed by atoms with Crippen LogP contribution in [0.15, 0.2) is 30.5 Å². The van der Waals surface area contributed by atoms with Crippen LogP contribution in [0.4, 0.5) is 13.2 Å². The summed E-state index contributed by atoms with van der Waals surface area (Å²) in [5.41, 5.74) is 0.476. The molecule has 0 saturated carbocycles. The van der Waals surface area contributed by atoms with E-state index in [4.69, 9.17) is 0 Å². The number of alkyl halides is 3. The van der Waals surface area contributed by atoms with Crippen molar-refractivity contribution in [3.8, 4) is 0 Å². The van der Waals surface area contributed by atoms with E-state index in [9.17, 15) is 22.8 Å². The minimum atomic E-state index is -4.49. The maximum absolute atomic E-state index is 13.1. The van der Waals surface area contributed by atoms with Crippen molar-refractivity contribution in [3.63, 3.8) is 0 Å². The van der Waals surface area contributed by atoms with Crippen molar-refractivity contribution in [2.24, 2.45) is 7.05 Å². The molecule has 1 fully saturated rings. The summed E-state index contributed by atoms with van der Waals surface area (Å²) >= 11 is 0. The van der Waals surface area contributed by atoms with Crippen LogP contribution in [0.25, 0.3) is 0 Å². The minimum absolute atomic E-state index is 0.0659. The predicted molar refractivity (Wildman–Crippen MR) is 95.4 cm³/mol. The van der Waals surface area contributed by atoms with E-state index in [0.29, 0.717) is 36.2 Å². The Kier molecular flexibility index (Phi) is 5.44. The van der Waals surface area contributed by atoms with Gasteiger partial charge in [0.05, 0.1) is 23.4 Å². The normalized spacial score (nSPS) is 15.8. The van der Waals surface area contributed by atoms with Crippen LogP contribution in [0.2, 0.25) is 0 Å². The summed E-state index contributed by atoms with van der Waals surface area (Å²) in [7, 11) is 1.69. The molecule has 150 valence electrons. The number of aromatic nitrogens is 2. The molecule has 6 nitrogen and oxygen atoms in total. The number of carbonyl (C=O) groups is 2. The molecule has 9 heteroatoms. The molecule has 1 aliphatic heterocycles. The molecule has 3 rings (SSSR count).